The van der Waals surface area contributed by atoms with E-state index in [9.17, 15) is 4.79 Å². The predicted molar refractivity (Wildman–Crippen MR) is 95.3 cm³/mol. The fraction of sp³-hybridized carbons (Fsp3) is 0.562. The van der Waals surface area contributed by atoms with Crippen molar-refractivity contribution in [2.45, 2.75) is 20.3 Å². The maximum absolute atomic E-state index is 12.2. The van der Waals surface area contributed by atoms with Crippen molar-refractivity contribution in [1.82, 2.24) is 10.2 Å². The molecule has 0 aromatic heterocycles. The van der Waals surface area contributed by atoms with Gasteiger partial charge in [-0.25, -0.2) is 0 Å². The number of hydrogen-bond donors (Lipinski definition) is 2. The molecule has 6 heteroatoms. The van der Waals surface area contributed by atoms with Crippen LogP contribution in [-0.4, -0.2) is 44.0 Å². The van der Waals surface area contributed by atoms with Gasteiger partial charge in [0.2, 0.25) is 5.91 Å². The second kappa shape index (κ2) is 8.73. The SMILES string of the molecule is CNCC1CCN(CC(=O)Nc2c(C)cc(C)cc2Cl)C1.Cl. The Morgan fingerprint density at radius 1 is 1.41 bits per heavy atom. The summed E-state index contributed by atoms with van der Waals surface area (Å²) in [5.41, 5.74) is 2.84. The van der Waals surface area contributed by atoms with Gasteiger partial charge in [0.15, 0.2) is 0 Å². The van der Waals surface area contributed by atoms with Gasteiger partial charge in [-0.1, -0.05) is 17.7 Å². The van der Waals surface area contributed by atoms with Crippen molar-refractivity contribution in [2.75, 3.05) is 38.5 Å². The van der Waals surface area contributed by atoms with E-state index in [4.69, 9.17) is 11.6 Å². The number of hydrogen-bond acceptors (Lipinski definition) is 3. The van der Waals surface area contributed by atoms with E-state index in [0.29, 0.717) is 17.5 Å². The number of nitrogens with zero attached hydrogens (tertiary/aromatic N) is 1. The molecule has 0 aliphatic carbocycles. The Morgan fingerprint density at radius 3 is 2.77 bits per heavy atom. The quantitative estimate of drug-likeness (QED) is 0.862. The molecule has 1 saturated heterocycles. The highest BCUT2D eigenvalue weighted by Gasteiger charge is 2.23. The number of carbonyl (C=O) groups excluding carboxylic acids is 1. The van der Waals surface area contributed by atoms with Gasteiger partial charge in [0.05, 0.1) is 17.3 Å². The Kier molecular flexibility index (Phi) is 7.63. The van der Waals surface area contributed by atoms with Crippen molar-refractivity contribution >= 4 is 35.6 Å². The molecule has 124 valence electrons. The first-order valence-corrected chi connectivity index (χ1v) is 7.81. The third-order valence-corrected chi connectivity index (χ3v) is 4.22. The molecule has 1 aliphatic heterocycles. The lowest BCUT2D eigenvalue weighted by molar-refractivity contribution is -0.117. The van der Waals surface area contributed by atoms with Crippen LogP contribution in [0.2, 0.25) is 5.02 Å². The summed E-state index contributed by atoms with van der Waals surface area (Å²) in [7, 11) is 1.97. The standard InChI is InChI=1S/C16H24ClN3O.ClH/c1-11-6-12(2)16(14(17)7-11)19-15(21)10-20-5-4-13(9-20)8-18-3;/h6-7,13,18H,4-5,8-10H2,1-3H3,(H,19,21);1H. The molecule has 1 amide bonds. The van der Waals surface area contributed by atoms with Crippen molar-refractivity contribution in [3.63, 3.8) is 0 Å². The number of benzene rings is 1. The van der Waals surface area contributed by atoms with E-state index in [1.54, 1.807) is 0 Å². The molecule has 2 rings (SSSR count). The highest BCUT2D eigenvalue weighted by molar-refractivity contribution is 6.34. The normalized spacial score (nSPS) is 18.1. The molecule has 0 saturated carbocycles. The molecule has 1 heterocycles. The lowest BCUT2D eigenvalue weighted by Crippen LogP contribution is -2.32. The lowest BCUT2D eigenvalue weighted by atomic mass is 10.1. The highest BCUT2D eigenvalue weighted by Crippen LogP contribution is 2.27. The number of aryl methyl sites for hydroxylation is 2. The summed E-state index contributed by atoms with van der Waals surface area (Å²) in [6, 6.07) is 3.91. The van der Waals surface area contributed by atoms with Crippen molar-refractivity contribution in [3.05, 3.63) is 28.3 Å². The molecule has 1 unspecified atom stereocenters. The maximum Gasteiger partial charge on any atom is 0.238 e. The van der Waals surface area contributed by atoms with E-state index < -0.39 is 0 Å². The zero-order chi connectivity index (χ0) is 15.4. The van der Waals surface area contributed by atoms with E-state index in [-0.39, 0.29) is 18.3 Å². The summed E-state index contributed by atoms with van der Waals surface area (Å²) < 4.78 is 0. The van der Waals surface area contributed by atoms with Crippen LogP contribution in [0.5, 0.6) is 0 Å². The Hall–Kier alpha value is -0.810. The van der Waals surface area contributed by atoms with Crippen LogP contribution in [0.15, 0.2) is 12.1 Å². The Bertz CT molecular complexity index is 499. The van der Waals surface area contributed by atoms with E-state index in [0.717, 1.165) is 42.9 Å². The monoisotopic (exact) mass is 345 g/mol. The van der Waals surface area contributed by atoms with Gasteiger partial charge in [-0.15, -0.1) is 12.4 Å². The van der Waals surface area contributed by atoms with Crippen LogP contribution in [0.3, 0.4) is 0 Å². The first kappa shape index (κ1) is 19.2. The Balaban J connectivity index is 0.00000242. The summed E-state index contributed by atoms with van der Waals surface area (Å²) in [4.78, 5) is 14.4. The molecule has 1 atom stereocenters. The van der Waals surface area contributed by atoms with Gasteiger partial charge < -0.3 is 10.6 Å². The third-order valence-electron chi connectivity index (χ3n) is 3.93. The van der Waals surface area contributed by atoms with Crippen LogP contribution >= 0.6 is 24.0 Å². The van der Waals surface area contributed by atoms with Gasteiger partial charge in [0.1, 0.15) is 0 Å². The number of nitrogens with one attached hydrogen (secondary N) is 2. The van der Waals surface area contributed by atoms with Gasteiger partial charge >= 0.3 is 0 Å². The van der Waals surface area contributed by atoms with Crippen molar-refractivity contribution in [1.29, 1.82) is 0 Å². The smallest absolute Gasteiger partial charge is 0.238 e. The zero-order valence-electron chi connectivity index (χ0n) is 13.4. The molecule has 0 spiro atoms. The average molecular weight is 346 g/mol. The Labute approximate surface area is 144 Å². The van der Waals surface area contributed by atoms with E-state index in [1.165, 1.54) is 0 Å². The summed E-state index contributed by atoms with van der Waals surface area (Å²) in [5, 5.41) is 6.76. The van der Waals surface area contributed by atoms with E-state index in [1.807, 2.05) is 33.0 Å². The van der Waals surface area contributed by atoms with E-state index >= 15 is 0 Å². The fourth-order valence-electron chi connectivity index (χ4n) is 2.97. The average Bonchev–Trinajstić information content (AvgIpc) is 2.81. The minimum atomic E-state index is 0. The van der Waals surface area contributed by atoms with Crippen LogP contribution in [0.25, 0.3) is 0 Å². The van der Waals surface area contributed by atoms with Crippen LogP contribution in [0.4, 0.5) is 5.69 Å². The zero-order valence-corrected chi connectivity index (χ0v) is 15.0. The molecular formula is C16H25Cl2N3O. The number of anilines is 1. The molecule has 2 N–H and O–H groups in total. The number of likely N-dealkylation sites (tertiary alicyclic amines) is 1. The van der Waals surface area contributed by atoms with Crippen LogP contribution in [0.1, 0.15) is 17.5 Å². The van der Waals surface area contributed by atoms with Gasteiger partial charge in [0, 0.05) is 6.54 Å². The fourth-order valence-corrected chi connectivity index (χ4v) is 3.34. The van der Waals surface area contributed by atoms with Crippen molar-refractivity contribution in [2.24, 2.45) is 5.92 Å². The molecule has 1 aromatic rings. The summed E-state index contributed by atoms with van der Waals surface area (Å²) in [5.74, 6) is 0.654. The second-order valence-electron chi connectivity index (χ2n) is 5.93. The molecular weight excluding hydrogens is 321 g/mol. The minimum Gasteiger partial charge on any atom is -0.323 e. The molecule has 0 bridgehead atoms. The number of halogens is 2. The first-order chi connectivity index (χ1) is 9.99. The van der Waals surface area contributed by atoms with Crippen molar-refractivity contribution < 1.29 is 4.79 Å². The predicted octanol–water partition coefficient (Wildman–Crippen LogP) is 2.86. The van der Waals surface area contributed by atoms with Gasteiger partial charge in [-0.2, -0.15) is 0 Å². The minimum absolute atomic E-state index is 0. The molecule has 4 nitrogen and oxygen atoms in total. The number of amides is 1. The molecule has 0 radical (unpaired) electrons. The third kappa shape index (κ3) is 5.13. The molecule has 22 heavy (non-hydrogen) atoms. The highest BCUT2D eigenvalue weighted by atomic mass is 35.5. The number of rotatable bonds is 5. The van der Waals surface area contributed by atoms with Crippen molar-refractivity contribution in [3.8, 4) is 0 Å². The largest absolute Gasteiger partial charge is 0.323 e. The molecule has 1 aromatic carbocycles. The van der Waals surface area contributed by atoms with Crippen LogP contribution in [-0.2, 0) is 4.79 Å². The summed E-state index contributed by atoms with van der Waals surface area (Å²) >= 11 is 6.22. The lowest BCUT2D eigenvalue weighted by Gasteiger charge is -2.17. The van der Waals surface area contributed by atoms with Gasteiger partial charge in [-0.3, -0.25) is 9.69 Å². The summed E-state index contributed by atoms with van der Waals surface area (Å²) in [6.45, 7) is 7.38. The van der Waals surface area contributed by atoms with Crippen LogP contribution in [0, 0.1) is 19.8 Å². The van der Waals surface area contributed by atoms with E-state index in [2.05, 4.69) is 15.5 Å². The topological polar surface area (TPSA) is 44.4 Å². The van der Waals surface area contributed by atoms with Gasteiger partial charge in [0.25, 0.3) is 0 Å². The maximum atomic E-state index is 12.2. The first-order valence-electron chi connectivity index (χ1n) is 7.43. The van der Waals surface area contributed by atoms with Crippen LogP contribution < -0.4 is 10.6 Å². The Morgan fingerprint density at radius 2 is 2.14 bits per heavy atom. The molecule has 1 aliphatic rings. The summed E-state index contributed by atoms with van der Waals surface area (Å²) in [6.07, 6.45) is 1.15. The molecule has 1 fully saturated rings. The van der Waals surface area contributed by atoms with Gasteiger partial charge in [-0.05, 0) is 63.5 Å². The second-order valence-corrected chi connectivity index (χ2v) is 6.34. The number of carbonyl (C=O) groups is 1.